The number of nitrogens with one attached hydrogen (secondary N) is 1. The Bertz CT molecular complexity index is 1230. The highest BCUT2D eigenvalue weighted by molar-refractivity contribution is 7.99. The number of fused-ring (bicyclic) bond motifs is 1. The quantitative estimate of drug-likeness (QED) is 0.367. The molecule has 0 fully saturated rings. The summed E-state index contributed by atoms with van der Waals surface area (Å²) in [5.74, 6) is 0.581. The van der Waals surface area contributed by atoms with Crippen molar-refractivity contribution in [1.82, 2.24) is 14.7 Å². The zero-order valence-electron chi connectivity index (χ0n) is 15.2. The maximum atomic E-state index is 13.0. The molecule has 0 aliphatic rings. The van der Waals surface area contributed by atoms with Crippen LogP contribution in [0.2, 0.25) is 5.02 Å². The van der Waals surface area contributed by atoms with Crippen LogP contribution in [0.5, 0.6) is 0 Å². The lowest BCUT2D eigenvalue weighted by Gasteiger charge is -2.12. The number of hydrogen-bond donors (Lipinski definition) is 1. The average Bonchev–Trinajstić information content (AvgIpc) is 3.34. The van der Waals surface area contributed by atoms with E-state index in [-0.39, 0.29) is 29.6 Å². The normalized spacial score (nSPS) is 11.1. The summed E-state index contributed by atoms with van der Waals surface area (Å²) in [7, 11) is 0. The van der Waals surface area contributed by atoms with Gasteiger partial charge in [0.05, 0.1) is 35.2 Å². The molecule has 0 aliphatic carbocycles. The molecule has 1 N–H and O–H groups in total. The molecule has 3 heterocycles. The number of carbonyl (C=O) groups is 1. The number of nitrogens with zero attached hydrogens (tertiary/aromatic N) is 3. The minimum atomic E-state index is -0.309. The van der Waals surface area contributed by atoms with Crippen LogP contribution in [0.25, 0.3) is 10.9 Å². The molecule has 0 radical (unpaired) electrons. The third kappa shape index (κ3) is 4.36. The first-order valence-corrected chi connectivity index (χ1v) is 9.94. The molecule has 10 heteroatoms. The van der Waals surface area contributed by atoms with Gasteiger partial charge < -0.3 is 8.94 Å². The van der Waals surface area contributed by atoms with Gasteiger partial charge in [0.1, 0.15) is 5.76 Å². The fourth-order valence-corrected chi connectivity index (χ4v) is 3.67. The number of furan rings is 1. The maximum Gasteiger partial charge on any atom is 0.262 e. The Hall–Kier alpha value is -3.04. The second kappa shape index (κ2) is 8.14. The highest BCUT2D eigenvalue weighted by atomic mass is 35.5. The third-order valence-corrected chi connectivity index (χ3v) is 5.21. The van der Waals surface area contributed by atoms with Gasteiger partial charge in [-0.2, -0.15) is 0 Å². The van der Waals surface area contributed by atoms with E-state index in [9.17, 15) is 9.59 Å². The summed E-state index contributed by atoms with van der Waals surface area (Å²) >= 11 is 7.18. The van der Waals surface area contributed by atoms with Gasteiger partial charge in [-0.15, -0.1) is 0 Å². The van der Waals surface area contributed by atoms with Crippen molar-refractivity contribution in [3.8, 4) is 0 Å². The Kier molecular flexibility index (Phi) is 5.41. The first-order valence-electron chi connectivity index (χ1n) is 8.58. The second-order valence-electron chi connectivity index (χ2n) is 6.20. The fourth-order valence-electron chi connectivity index (χ4n) is 2.71. The van der Waals surface area contributed by atoms with Gasteiger partial charge in [0.15, 0.2) is 5.16 Å². The predicted octanol–water partition coefficient (Wildman–Crippen LogP) is 3.72. The maximum absolute atomic E-state index is 13.0. The minimum Gasteiger partial charge on any atom is -0.467 e. The number of carbonyl (C=O) groups excluding carboxylic acids is 1. The SMILES string of the molecule is Cc1cc(NC(=O)CSc2nc3cc(Cl)ccc3c(=O)n2Cc2ccco2)on1. The molecule has 0 aliphatic heterocycles. The molecule has 0 unspecified atom stereocenters. The molecule has 0 atom stereocenters. The number of rotatable bonds is 6. The van der Waals surface area contributed by atoms with Crippen LogP contribution >= 0.6 is 23.4 Å². The summed E-state index contributed by atoms with van der Waals surface area (Å²) in [6.45, 7) is 1.95. The van der Waals surface area contributed by atoms with E-state index >= 15 is 0 Å². The molecule has 1 amide bonds. The molecule has 148 valence electrons. The summed E-state index contributed by atoms with van der Waals surface area (Å²) in [5, 5.41) is 7.63. The van der Waals surface area contributed by atoms with Crippen LogP contribution in [-0.2, 0) is 11.3 Å². The number of amides is 1. The van der Waals surface area contributed by atoms with Crippen molar-refractivity contribution >= 4 is 46.1 Å². The van der Waals surface area contributed by atoms with Crippen molar-refractivity contribution in [3.05, 3.63) is 69.5 Å². The van der Waals surface area contributed by atoms with Crippen molar-refractivity contribution in [2.24, 2.45) is 0 Å². The van der Waals surface area contributed by atoms with Gasteiger partial charge in [0, 0.05) is 11.1 Å². The summed E-state index contributed by atoms with van der Waals surface area (Å²) < 4.78 is 11.8. The largest absolute Gasteiger partial charge is 0.467 e. The van der Waals surface area contributed by atoms with Crippen molar-refractivity contribution in [1.29, 1.82) is 0 Å². The third-order valence-electron chi connectivity index (χ3n) is 4.00. The number of anilines is 1. The van der Waals surface area contributed by atoms with Crippen LogP contribution < -0.4 is 10.9 Å². The highest BCUT2D eigenvalue weighted by Gasteiger charge is 2.16. The number of thioether (sulfide) groups is 1. The number of benzene rings is 1. The van der Waals surface area contributed by atoms with E-state index in [1.807, 2.05) is 0 Å². The van der Waals surface area contributed by atoms with Gasteiger partial charge in [-0.3, -0.25) is 19.5 Å². The molecule has 8 nitrogen and oxygen atoms in total. The monoisotopic (exact) mass is 430 g/mol. The van der Waals surface area contributed by atoms with Crippen LogP contribution in [0.1, 0.15) is 11.5 Å². The van der Waals surface area contributed by atoms with Gasteiger partial charge in [-0.1, -0.05) is 28.5 Å². The lowest BCUT2D eigenvalue weighted by molar-refractivity contribution is -0.113. The van der Waals surface area contributed by atoms with E-state index in [0.717, 1.165) is 11.8 Å². The molecule has 29 heavy (non-hydrogen) atoms. The first kappa shape index (κ1) is 19.3. The number of aromatic nitrogens is 3. The number of hydrogen-bond acceptors (Lipinski definition) is 7. The molecule has 3 aromatic heterocycles. The lowest BCUT2D eigenvalue weighted by atomic mass is 10.2. The van der Waals surface area contributed by atoms with Crippen LogP contribution in [0.3, 0.4) is 0 Å². The molecule has 0 saturated carbocycles. The standard InChI is InChI=1S/C19H15ClN4O4S/c1-11-7-17(28-23-11)22-16(25)10-29-19-21-15-8-12(20)4-5-14(15)18(26)24(19)9-13-3-2-6-27-13/h2-8H,9-10H2,1H3,(H,22,25). The minimum absolute atomic E-state index is 0.0242. The Labute approximate surface area is 173 Å². The summed E-state index contributed by atoms with van der Waals surface area (Å²) in [5.41, 5.74) is 0.886. The van der Waals surface area contributed by atoms with Crippen molar-refractivity contribution < 1.29 is 13.7 Å². The van der Waals surface area contributed by atoms with E-state index in [2.05, 4.69) is 15.5 Å². The number of halogens is 1. The molecule has 0 spiro atoms. The van der Waals surface area contributed by atoms with Crippen LogP contribution in [-0.4, -0.2) is 26.4 Å². The number of aryl methyl sites for hydroxylation is 1. The predicted molar refractivity (Wildman–Crippen MR) is 109 cm³/mol. The van der Waals surface area contributed by atoms with Gasteiger partial charge in [-0.25, -0.2) is 4.98 Å². The van der Waals surface area contributed by atoms with Gasteiger partial charge in [0.25, 0.3) is 5.56 Å². The average molecular weight is 431 g/mol. The van der Waals surface area contributed by atoms with Crippen molar-refractivity contribution in [2.75, 3.05) is 11.1 Å². The van der Waals surface area contributed by atoms with E-state index in [1.54, 1.807) is 43.3 Å². The lowest BCUT2D eigenvalue weighted by Crippen LogP contribution is -2.24. The molecular weight excluding hydrogens is 416 g/mol. The van der Waals surface area contributed by atoms with Crippen molar-refractivity contribution in [2.45, 2.75) is 18.6 Å². The van der Waals surface area contributed by atoms with E-state index in [1.165, 1.54) is 10.8 Å². The zero-order chi connectivity index (χ0) is 20.4. The Morgan fingerprint density at radius 3 is 2.90 bits per heavy atom. The van der Waals surface area contributed by atoms with E-state index in [0.29, 0.717) is 32.5 Å². The van der Waals surface area contributed by atoms with Crippen molar-refractivity contribution in [3.63, 3.8) is 0 Å². The summed E-state index contributed by atoms with van der Waals surface area (Å²) in [6, 6.07) is 10.0. The highest BCUT2D eigenvalue weighted by Crippen LogP contribution is 2.22. The van der Waals surface area contributed by atoms with E-state index in [4.69, 9.17) is 20.5 Å². The second-order valence-corrected chi connectivity index (χ2v) is 7.57. The fraction of sp³-hybridized carbons (Fsp3) is 0.158. The Morgan fingerprint density at radius 2 is 2.17 bits per heavy atom. The van der Waals surface area contributed by atoms with Crippen LogP contribution in [0.4, 0.5) is 5.88 Å². The zero-order valence-corrected chi connectivity index (χ0v) is 16.8. The first-order chi connectivity index (χ1) is 14.0. The Balaban J connectivity index is 1.63. The Morgan fingerprint density at radius 1 is 1.31 bits per heavy atom. The molecule has 4 aromatic rings. The van der Waals surface area contributed by atoms with Gasteiger partial charge in [0.2, 0.25) is 11.8 Å². The summed E-state index contributed by atoms with van der Waals surface area (Å²) in [6.07, 6.45) is 1.54. The smallest absolute Gasteiger partial charge is 0.262 e. The molecule has 0 bridgehead atoms. The summed E-state index contributed by atoms with van der Waals surface area (Å²) in [4.78, 5) is 29.8. The van der Waals surface area contributed by atoms with E-state index < -0.39 is 0 Å². The topological polar surface area (TPSA) is 103 Å². The molecule has 1 aromatic carbocycles. The molecule has 0 saturated heterocycles. The van der Waals surface area contributed by atoms with Crippen LogP contribution in [0.15, 0.2) is 61.6 Å². The van der Waals surface area contributed by atoms with Gasteiger partial charge in [-0.05, 0) is 37.3 Å². The van der Waals surface area contributed by atoms with Gasteiger partial charge >= 0.3 is 0 Å². The van der Waals surface area contributed by atoms with Crippen LogP contribution in [0, 0.1) is 6.92 Å². The molecule has 4 rings (SSSR count). The molecular formula is C19H15ClN4O4S.